The first-order valence-electron chi connectivity index (χ1n) is 8.64. The van der Waals surface area contributed by atoms with Crippen LogP contribution in [0.25, 0.3) is 23.1 Å². The van der Waals surface area contributed by atoms with Gasteiger partial charge in [-0.25, -0.2) is 4.98 Å². The van der Waals surface area contributed by atoms with Gasteiger partial charge in [-0.1, -0.05) is 54.6 Å². The van der Waals surface area contributed by atoms with E-state index in [1.807, 2.05) is 18.2 Å². The third kappa shape index (κ3) is 3.11. The van der Waals surface area contributed by atoms with E-state index in [1.54, 1.807) is 0 Å². The number of aromatic nitrogens is 1. The summed E-state index contributed by atoms with van der Waals surface area (Å²) in [5.74, 6) is 0. The second-order valence-corrected chi connectivity index (χ2v) is 6.02. The molecule has 1 aliphatic heterocycles. The van der Waals surface area contributed by atoms with Gasteiger partial charge in [0, 0.05) is 23.3 Å². The molecule has 0 unspecified atom stereocenters. The molecule has 2 heterocycles. The third-order valence-electron chi connectivity index (χ3n) is 4.44. The van der Waals surface area contributed by atoms with Crippen LogP contribution in [-0.4, -0.2) is 11.5 Å². The molecule has 2 heteroatoms. The highest BCUT2D eigenvalue weighted by Crippen LogP contribution is 2.30. The zero-order valence-electron chi connectivity index (χ0n) is 14.3. The quantitative estimate of drug-likeness (QED) is 0.615. The number of nitrogens with zero attached hydrogens (tertiary/aromatic N) is 2. The summed E-state index contributed by atoms with van der Waals surface area (Å²) >= 11 is 0. The van der Waals surface area contributed by atoms with Gasteiger partial charge in [0.05, 0.1) is 11.2 Å². The topological polar surface area (TPSA) is 16.1 Å². The predicted molar refractivity (Wildman–Crippen MR) is 107 cm³/mol. The van der Waals surface area contributed by atoms with E-state index in [-0.39, 0.29) is 0 Å². The van der Waals surface area contributed by atoms with E-state index in [4.69, 9.17) is 0 Å². The van der Waals surface area contributed by atoms with Crippen LogP contribution < -0.4 is 4.90 Å². The van der Waals surface area contributed by atoms with Gasteiger partial charge in [0.1, 0.15) is 0 Å². The average Bonchev–Trinajstić information content (AvgIpc) is 2.67. The lowest BCUT2D eigenvalue weighted by Gasteiger charge is -2.29. The molecule has 0 spiro atoms. The Kier molecular flexibility index (Phi) is 4.17. The predicted octanol–water partition coefficient (Wildman–Crippen LogP) is 5.69. The first-order valence-corrected chi connectivity index (χ1v) is 8.64. The van der Waals surface area contributed by atoms with Crippen molar-refractivity contribution in [2.75, 3.05) is 11.4 Å². The maximum Gasteiger partial charge on any atom is 0.0709 e. The third-order valence-corrected chi connectivity index (χ3v) is 4.44. The van der Waals surface area contributed by atoms with Gasteiger partial charge in [-0.15, -0.1) is 0 Å². The van der Waals surface area contributed by atoms with Crippen LogP contribution in [0.5, 0.6) is 0 Å². The molecule has 25 heavy (non-hydrogen) atoms. The molecule has 0 radical (unpaired) electrons. The highest BCUT2D eigenvalue weighted by molar-refractivity contribution is 5.80. The SMILES string of the molecule is CCN1/C(=C\C=C\c2ccc3ccccc3n2)C=Cc2ccccc21. The lowest BCUT2D eigenvalue weighted by molar-refractivity contribution is 0.971. The molecule has 0 bridgehead atoms. The summed E-state index contributed by atoms with van der Waals surface area (Å²) in [5.41, 5.74) is 5.72. The molecule has 0 aliphatic carbocycles. The Bertz CT molecular complexity index is 996. The molecule has 4 rings (SSSR count). The Labute approximate surface area is 148 Å². The molecule has 0 N–H and O–H groups in total. The molecule has 1 aliphatic rings. The first-order chi connectivity index (χ1) is 12.3. The van der Waals surface area contributed by atoms with Crippen molar-refractivity contribution in [3.63, 3.8) is 0 Å². The minimum atomic E-state index is 0.940. The Morgan fingerprint density at radius 3 is 2.68 bits per heavy atom. The standard InChI is InChI=1S/C23H20N2/c1-2-25-21(17-15-19-9-4-6-13-23(19)25)11-7-10-20-16-14-18-8-3-5-12-22(18)24-20/h3-17H,2H2,1H3/b10-7+,21-11-. The molecular formula is C23H20N2. The van der Waals surface area contributed by atoms with Gasteiger partial charge >= 0.3 is 0 Å². The van der Waals surface area contributed by atoms with Gasteiger partial charge in [0.25, 0.3) is 0 Å². The molecule has 1 aromatic heterocycles. The van der Waals surface area contributed by atoms with Gasteiger partial charge in [0.15, 0.2) is 0 Å². The van der Waals surface area contributed by atoms with Crippen molar-refractivity contribution >= 4 is 28.7 Å². The molecule has 2 nitrogen and oxygen atoms in total. The summed E-state index contributed by atoms with van der Waals surface area (Å²) in [6, 6.07) is 20.9. The van der Waals surface area contributed by atoms with Crippen LogP contribution in [0.2, 0.25) is 0 Å². The van der Waals surface area contributed by atoms with E-state index >= 15 is 0 Å². The monoisotopic (exact) mass is 324 g/mol. The second kappa shape index (κ2) is 6.78. The highest BCUT2D eigenvalue weighted by atomic mass is 15.1. The molecular weight excluding hydrogens is 304 g/mol. The lowest BCUT2D eigenvalue weighted by atomic mass is 10.1. The maximum atomic E-state index is 4.69. The van der Waals surface area contributed by atoms with Crippen LogP contribution in [0.3, 0.4) is 0 Å². The normalized spacial score (nSPS) is 15.2. The summed E-state index contributed by atoms with van der Waals surface area (Å²) in [4.78, 5) is 7.01. The number of rotatable bonds is 3. The summed E-state index contributed by atoms with van der Waals surface area (Å²) in [7, 11) is 0. The van der Waals surface area contributed by atoms with E-state index in [0.717, 1.165) is 17.8 Å². The van der Waals surface area contributed by atoms with Gasteiger partial charge in [-0.3, -0.25) is 0 Å². The van der Waals surface area contributed by atoms with Crippen molar-refractivity contribution < 1.29 is 0 Å². The zero-order chi connectivity index (χ0) is 17.1. The van der Waals surface area contributed by atoms with Crippen molar-refractivity contribution in [3.05, 3.63) is 95.8 Å². The van der Waals surface area contributed by atoms with Gasteiger partial charge < -0.3 is 4.90 Å². The summed E-state index contributed by atoms with van der Waals surface area (Å²) < 4.78 is 0. The van der Waals surface area contributed by atoms with Gasteiger partial charge in [-0.05, 0) is 48.9 Å². The summed E-state index contributed by atoms with van der Waals surface area (Å²) in [6.45, 7) is 3.12. The Morgan fingerprint density at radius 2 is 1.76 bits per heavy atom. The fourth-order valence-corrected chi connectivity index (χ4v) is 3.20. The van der Waals surface area contributed by atoms with Crippen LogP contribution >= 0.6 is 0 Å². The van der Waals surface area contributed by atoms with Crippen LogP contribution in [0.1, 0.15) is 18.2 Å². The van der Waals surface area contributed by atoms with E-state index in [2.05, 4.69) is 89.7 Å². The van der Waals surface area contributed by atoms with Crippen molar-refractivity contribution in [2.45, 2.75) is 6.92 Å². The molecule has 122 valence electrons. The molecule has 0 amide bonds. The van der Waals surface area contributed by atoms with Crippen molar-refractivity contribution in [2.24, 2.45) is 0 Å². The fraction of sp³-hybridized carbons (Fsp3) is 0.0870. The average molecular weight is 324 g/mol. The number of pyridine rings is 1. The Morgan fingerprint density at radius 1 is 0.920 bits per heavy atom. The number of anilines is 1. The van der Waals surface area contributed by atoms with Crippen molar-refractivity contribution in [1.29, 1.82) is 0 Å². The van der Waals surface area contributed by atoms with Crippen LogP contribution in [0.15, 0.2) is 84.6 Å². The van der Waals surface area contributed by atoms with Gasteiger partial charge in [-0.2, -0.15) is 0 Å². The number of fused-ring (bicyclic) bond motifs is 2. The highest BCUT2D eigenvalue weighted by Gasteiger charge is 2.14. The fourth-order valence-electron chi connectivity index (χ4n) is 3.20. The second-order valence-electron chi connectivity index (χ2n) is 6.02. The molecule has 0 saturated heterocycles. The largest absolute Gasteiger partial charge is 0.341 e. The summed E-state index contributed by atoms with van der Waals surface area (Å²) in [5, 5.41) is 1.17. The summed E-state index contributed by atoms with van der Waals surface area (Å²) in [6.07, 6.45) is 10.6. The molecule has 3 aromatic rings. The number of benzene rings is 2. The van der Waals surface area contributed by atoms with Gasteiger partial charge in [0.2, 0.25) is 0 Å². The van der Waals surface area contributed by atoms with Crippen LogP contribution in [0, 0.1) is 0 Å². The van der Waals surface area contributed by atoms with E-state index in [9.17, 15) is 0 Å². The molecule has 2 aromatic carbocycles. The zero-order valence-corrected chi connectivity index (χ0v) is 14.3. The molecule has 0 atom stereocenters. The number of likely N-dealkylation sites (N-methyl/N-ethyl adjacent to an activating group) is 1. The number of allylic oxidation sites excluding steroid dienone is 3. The van der Waals surface area contributed by atoms with Crippen molar-refractivity contribution in [1.82, 2.24) is 4.98 Å². The Hall–Kier alpha value is -3.13. The van der Waals surface area contributed by atoms with Crippen LogP contribution in [-0.2, 0) is 0 Å². The van der Waals surface area contributed by atoms with E-state index in [0.29, 0.717) is 0 Å². The lowest BCUT2D eigenvalue weighted by Crippen LogP contribution is -2.23. The number of hydrogen-bond donors (Lipinski definition) is 0. The number of hydrogen-bond acceptors (Lipinski definition) is 2. The minimum absolute atomic E-state index is 0.940. The Balaban J connectivity index is 1.61. The van der Waals surface area contributed by atoms with Crippen LogP contribution in [0.4, 0.5) is 5.69 Å². The first kappa shape index (κ1) is 15.4. The number of para-hydroxylation sites is 2. The van der Waals surface area contributed by atoms with Crippen molar-refractivity contribution in [3.8, 4) is 0 Å². The van der Waals surface area contributed by atoms with E-state index < -0.39 is 0 Å². The minimum Gasteiger partial charge on any atom is -0.341 e. The molecule has 0 saturated carbocycles. The maximum absolute atomic E-state index is 4.69. The smallest absolute Gasteiger partial charge is 0.0709 e. The van der Waals surface area contributed by atoms with E-state index in [1.165, 1.54) is 22.3 Å². The molecule has 0 fully saturated rings.